The summed E-state index contributed by atoms with van der Waals surface area (Å²) in [4.78, 5) is 6.98. The summed E-state index contributed by atoms with van der Waals surface area (Å²) in [5.41, 5.74) is 0. The standard InChI is InChI=1S/C5H6ClN3O3S/c1-12-3-4(6)8-2-9-5(3)13(7,10)11/h2H,1H3,(H2,7,10,11). The second kappa shape index (κ2) is 3.44. The van der Waals surface area contributed by atoms with Gasteiger partial charge < -0.3 is 4.74 Å². The van der Waals surface area contributed by atoms with Crippen LogP contribution in [0.3, 0.4) is 0 Å². The maximum atomic E-state index is 10.9. The van der Waals surface area contributed by atoms with Crippen molar-refractivity contribution in [2.45, 2.75) is 5.03 Å². The number of sulfonamides is 1. The summed E-state index contributed by atoms with van der Waals surface area (Å²) in [5, 5.41) is 4.33. The van der Waals surface area contributed by atoms with Crippen LogP contribution >= 0.6 is 11.6 Å². The van der Waals surface area contributed by atoms with Crippen LogP contribution in [0.5, 0.6) is 5.75 Å². The Labute approximate surface area is 79.8 Å². The van der Waals surface area contributed by atoms with E-state index >= 15 is 0 Å². The van der Waals surface area contributed by atoms with E-state index in [9.17, 15) is 8.42 Å². The Morgan fingerprint density at radius 1 is 1.54 bits per heavy atom. The Kier molecular flexibility index (Phi) is 2.69. The fourth-order valence-electron chi connectivity index (χ4n) is 0.712. The maximum Gasteiger partial charge on any atom is 0.259 e. The lowest BCUT2D eigenvalue weighted by molar-refractivity contribution is 0.396. The van der Waals surface area contributed by atoms with Crippen molar-refractivity contribution in [3.8, 4) is 5.75 Å². The molecule has 1 aromatic heterocycles. The highest BCUT2D eigenvalue weighted by atomic mass is 35.5. The molecular formula is C5H6ClN3O3S. The molecule has 0 aliphatic heterocycles. The number of ether oxygens (including phenoxy) is 1. The van der Waals surface area contributed by atoms with Crippen LogP contribution in [0.2, 0.25) is 5.15 Å². The molecule has 6 nitrogen and oxygen atoms in total. The lowest BCUT2D eigenvalue weighted by Crippen LogP contribution is -2.15. The van der Waals surface area contributed by atoms with E-state index in [4.69, 9.17) is 16.7 Å². The average Bonchev–Trinajstić information content (AvgIpc) is 2.02. The first kappa shape index (κ1) is 10.2. The summed E-state index contributed by atoms with van der Waals surface area (Å²) in [6.45, 7) is 0. The molecule has 0 aliphatic rings. The van der Waals surface area contributed by atoms with E-state index in [1.54, 1.807) is 0 Å². The van der Waals surface area contributed by atoms with Crippen molar-refractivity contribution < 1.29 is 13.2 Å². The van der Waals surface area contributed by atoms with E-state index in [1.165, 1.54) is 7.11 Å². The molecule has 0 amide bonds. The highest BCUT2D eigenvalue weighted by Crippen LogP contribution is 2.26. The summed E-state index contributed by atoms with van der Waals surface area (Å²) in [7, 11) is -2.68. The highest BCUT2D eigenvalue weighted by molar-refractivity contribution is 7.89. The number of nitrogens with two attached hydrogens (primary N) is 1. The van der Waals surface area contributed by atoms with Gasteiger partial charge in [-0.3, -0.25) is 0 Å². The van der Waals surface area contributed by atoms with Gasteiger partial charge in [-0.2, -0.15) is 0 Å². The van der Waals surface area contributed by atoms with Crippen molar-refractivity contribution in [1.82, 2.24) is 9.97 Å². The lowest BCUT2D eigenvalue weighted by atomic mass is 10.6. The van der Waals surface area contributed by atoms with Gasteiger partial charge in [0.15, 0.2) is 10.9 Å². The normalized spacial score (nSPS) is 11.3. The van der Waals surface area contributed by atoms with Crippen molar-refractivity contribution in [2.24, 2.45) is 5.14 Å². The number of methoxy groups -OCH3 is 1. The van der Waals surface area contributed by atoms with Crippen molar-refractivity contribution in [3.05, 3.63) is 11.5 Å². The molecule has 0 spiro atoms. The molecule has 0 atom stereocenters. The predicted octanol–water partition coefficient (Wildman–Crippen LogP) is -0.214. The van der Waals surface area contributed by atoms with E-state index in [0.29, 0.717) is 0 Å². The zero-order valence-electron chi connectivity index (χ0n) is 6.56. The monoisotopic (exact) mass is 223 g/mol. The van der Waals surface area contributed by atoms with Crippen LogP contribution in [0.1, 0.15) is 0 Å². The minimum atomic E-state index is -3.93. The third-order valence-corrected chi connectivity index (χ3v) is 2.30. The van der Waals surface area contributed by atoms with Crippen molar-refractivity contribution in [1.29, 1.82) is 0 Å². The van der Waals surface area contributed by atoms with Crippen molar-refractivity contribution in [3.63, 3.8) is 0 Å². The van der Waals surface area contributed by atoms with Gasteiger partial charge in [-0.1, -0.05) is 11.6 Å². The molecule has 72 valence electrons. The van der Waals surface area contributed by atoms with Gasteiger partial charge in [0.1, 0.15) is 6.33 Å². The Hall–Kier alpha value is -0.920. The average molecular weight is 224 g/mol. The number of hydrogen-bond acceptors (Lipinski definition) is 5. The molecule has 8 heteroatoms. The second-order valence-electron chi connectivity index (χ2n) is 2.05. The Morgan fingerprint density at radius 3 is 2.54 bits per heavy atom. The minimum absolute atomic E-state index is 0.0958. The molecule has 1 aromatic rings. The first-order valence-corrected chi connectivity index (χ1v) is 4.96. The maximum absolute atomic E-state index is 10.9. The van der Waals surface area contributed by atoms with E-state index in [1.807, 2.05) is 0 Å². The van der Waals surface area contributed by atoms with Crippen LogP contribution in [0.4, 0.5) is 0 Å². The topological polar surface area (TPSA) is 95.2 Å². The molecule has 1 heterocycles. The Balaban J connectivity index is 3.47. The van der Waals surface area contributed by atoms with Gasteiger partial charge in [0.2, 0.25) is 5.03 Å². The van der Waals surface area contributed by atoms with Crippen LogP contribution in [0.15, 0.2) is 11.4 Å². The largest absolute Gasteiger partial charge is 0.491 e. The molecule has 13 heavy (non-hydrogen) atoms. The minimum Gasteiger partial charge on any atom is -0.491 e. The molecule has 1 rings (SSSR count). The van der Waals surface area contributed by atoms with E-state index in [-0.39, 0.29) is 10.9 Å². The number of nitrogens with zero attached hydrogens (tertiary/aromatic N) is 2. The van der Waals surface area contributed by atoms with Gasteiger partial charge in [0.25, 0.3) is 10.0 Å². The SMILES string of the molecule is COc1c(Cl)ncnc1S(N)(=O)=O. The van der Waals surface area contributed by atoms with E-state index in [2.05, 4.69) is 14.7 Å². The van der Waals surface area contributed by atoms with E-state index < -0.39 is 15.0 Å². The first-order chi connectivity index (χ1) is 5.96. The summed E-state index contributed by atoms with van der Waals surface area (Å²) >= 11 is 5.54. The number of aromatic nitrogens is 2. The predicted molar refractivity (Wildman–Crippen MR) is 45.0 cm³/mol. The highest BCUT2D eigenvalue weighted by Gasteiger charge is 2.19. The van der Waals surface area contributed by atoms with Crippen LogP contribution in [0.25, 0.3) is 0 Å². The fraction of sp³-hybridized carbons (Fsp3) is 0.200. The molecule has 2 N–H and O–H groups in total. The summed E-state index contributed by atoms with van der Waals surface area (Å²) in [6.07, 6.45) is 0.991. The molecule has 0 saturated carbocycles. The first-order valence-electron chi connectivity index (χ1n) is 3.04. The number of primary sulfonamides is 1. The molecule has 0 fully saturated rings. The third kappa shape index (κ3) is 2.06. The summed E-state index contributed by atoms with van der Waals surface area (Å²) in [5.74, 6) is -0.147. The third-order valence-electron chi connectivity index (χ3n) is 1.20. The molecule has 0 aliphatic carbocycles. The van der Waals surface area contributed by atoms with Crippen LogP contribution in [-0.4, -0.2) is 25.5 Å². The molecule has 0 saturated heterocycles. The molecule has 0 aromatic carbocycles. The van der Waals surface area contributed by atoms with Crippen molar-refractivity contribution >= 4 is 21.6 Å². The van der Waals surface area contributed by atoms with Gasteiger partial charge in [-0.25, -0.2) is 23.5 Å². The zero-order chi connectivity index (χ0) is 10.1. The van der Waals surface area contributed by atoms with Crippen LogP contribution in [0, 0.1) is 0 Å². The Morgan fingerprint density at radius 2 is 2.15 bits per heavy atom. The van der Waals surface area contributed by atoms with Gasteiger partial charge in [-0.05, 0) is 0 Å². The molecule has 0 bridgehead atoms. The fourth-order valence-corrected chi connectivity index (χ4v) is 1.61. The zero-order valence-corrected chi connectivity index (χ0v) is 8.13. The van der Waals surface area contributed by atoms with Gasteiger partial charge in [0, 0.05) is 0 Å². The van der Waals surface area contributed by atoms with Gasteiger partial charge in [0.05, 0.1) is 7.11 Å². The van der Waals surface area contributed by atoms with Gasteiger partial charge >= 0.3 is 0 Å². The molecule has 0 unspecified atom stereocenters. The van der Waals surface area contributed by atoms with Crippen LogP contribution < -0.4 is 9.88 Å². The Bertz CT molecular complexity index is 419. The number of rotatable bonds is 2. The van der Waals surface area contributed by atoms with Crippen LogP contribution in [-0.2, 0) is 10.0 Å². The molecular weight excluding hydrogens is 218 g/mol. The number of halogens is 1. The summed E-state index contributed by atoms with van der Waals surface area (Å²) < 4.78 is 26.5. The quantitative estimate of drug-likeness (QED) is 0.700. The second-order valence-corrected chi connectivity index (χ2v) is 3.88. The molecule has 0 radical (unpaired) electrons. The van der Waals surface area contributed by atoms with E-state index in [0.717, 1.165) is 6.33 Å². The summed E-state index contributed by atoms with van der Waals surface area (Å²) in [6, 6.07) is 0. The smallest absolute Gasteiger partial charge is 0.259 e. The van der Waals surface area contributed by atoms with Crippen molar-refractivity contribution in [2.75, 3.05) is 7.11 Å². The van der Waals surface area contributed by atoms with Gasteiger partial charge in [-0.15, -0.1) is 0 Å². The lowest BCUT2D eigenvalue weighted by Gasteiger charge is -2.04. The number of hydrogen-bond donors (Lipinski definition) is 1.